The molecule has 1 aromatic carbocycles. The first-order valence-corrected chi connectivity index (χ1v) is 7.64. The molecule has 1 amide bonds. The molecule has 0 fully saturated rings. The first-order valence-electron chi connectivity index (χ1n) is 6.84. The molecule has 1 atom stereocenters. The summed E-state index contributed by atoms with van der Waals surface area (Å²) in [5.74, 6) is 0.510. The Labute approximate surface area is 129 Å². The standard InChI is InChI=1S/C15H23BrN2O2/c1-11(8-9-17)6-7-15(19)18-14-5-3-4-13(16)12(14)10-20-2/h3-5,11H,6-10,17H2,1-2H3,(H,18,19). The number of methoxy groups -OCH3 is 1. The van der Waals surface area contributed by atoms with Gasteiger partial charge in [0.05, 0.1) is 6.61 Å². The average Bonchev–Trinajstić information content (AvgIpc) is 2.41. The van der Waals surface area contributed by atoms with E-state index in [1.807, 2.05) is 18.2 Å². The van der Waals surface area contributed by atoms with E-state index < -0.39 is 0 Å². The van der Waals surface area contributed by atoms with Crippen LogP contribution < -0.4 is 11.1 Å². The molecule has 0 spiro atoms. The van der Waals surface area contributed by atoms with Gasteiger partial charge in [0, 0.05) is 29.3 Å². The van der Waals surface area contributed by atoms with Gasteiger partial charge in [0.25, 0.3) is 0 Å². The fourth-order valence-corrected chi connectivity index (χ4v) is 2.47. The van der Waals surface area contributed by atoms with Crippen molar-refractivity contribution >= 4 is 27.5 Å². The second kappa shape index (κ2) is 9.10. The highest BCUT2D eigenvalue weighted by molar-refractivity contribution is 9.10. The number of hydrogen-bond donors (Lipinski definition) is 2. The second-order valence-corrected chi connectivity index (χ2v) is 5.82. The van der Waals surface area contributed by atoms with Gasteiger partial charge < -0.3 is 15.8 Å². The summed E-state index contributed by atoms with van der Waals surface area (Å²) in [4.78, 5) is 12.0. The molecule has 5 heteroatoms. The predicted molar refractivity (Wildman–Crippen MR) is 85.6 cm³/mol. The van der Waals surface area contributed by atoms with E-state index in [1.54, 1.807) is 7.11 Å². The maximum Gasteiger partial charge on any atom is 0.224 e. The Bertz CT molecular complexity index is 438. The number of hydrogen-bond acceptors (Lipinski definition) is 3. The second-order valence-electron chi connectivity index (χ2n) is 4.97. The van der Waals surface area contributed by atoms with Crippen molar-refractivity contribution in [1.29, 1.82) is 0 Å². The molecule has 0 saturated carbocycles. The van der Waals surface area contributed by atoms with Crippen LogP contribution in [0.1, 0.15) is 31.7 Å². The van der Waals surface area contributed by atoms with Crippen LogP contribution in [0.4, 0.5) is 5.69 Å². The molecule has 1 rings (SSSR count). The van der Waals surface area contributed by atoms with Crippen LogP contribution in [0, 0.1) is 5.92 Å². The summed E-state index contributed by atoms with van der Waals surface area (Å²) < 4.78 is 6.10. The van der Waals surface area contributed by atoms with Gasteiger partial charge in [-0.3, -0.25) is 4.79 Å². The minimum Gasteiger partial charge on any atom is -0.380 e. The summed E-state index contributed by atoms with van der Waals surface area (Å²) >= 11 is 3.48. The van der Waals surface area contributed by atoms with Crippen molar-refractivity contribution in [2.75, 3.05) is 19.0 Å². The first-order chi connectivity index (χ1) is 9.58. The molecule has 0 aliphatic carbocycles. The summed E-state index contributed by atoms with van der Waals surface area (Å²) in [6, 6.07) is 5.73. The Morgan fingerprint density at radius 2 is 2.20 bits per heavy atom. The molecule has 20 heavy (non-hydrogen) atoms. The Kier molecular flexibility index (Phi) is 7.80. The van der Waals surface area contributed by atoms with Crippen molar-refractivity contribution in [3.05, 3.63) is 28.2 Å². The average molecular weight is 343 g/mol. The number of amides is 1. The van der Waals surface area contributed by atoms with Crippen molar-refractivity contribution in [2.45, 2.75) is 32.8 Å². The van der Waals surface area contributed by atoms with Crippen LogP contribution in [0.25, 0.3) is 0 Å². The lowest BCUT2D eigenvalue weighted by atomic mass is 10.0. The maximum atomic E-state index is 12.0. The van der Waals surface area contributed by atoms with Gasteiger partial charge in [0.15, 0.2) is 0 Å². The van der Waals surface area contributed by atoms with Crippen LogP contribution in [0.2, 0.25) is 0 Å². The summed E-state index contributed by atoms with van der Waals surface area (Å²) in [7, 11) is 1.64. The predicted octanol–water partition coefficient (Wildman–Crippen LogP) is 3.30. The largest absolute Gasteiger partial charge is 0.380 e. The third kappa shape index (κ3) is 5.61. The number of benzene rings is 1. The quantitative estimate of drug-likeness (QED) is 0.761. The van der Waals surface area contributed by atoms with Gasteiger partial charge in [0.1, 0.15) is 0 Å². The smallest absolute Gasteiger partial charge is 0.224 e. The Morgan fingerprint density at radius 1 is 1.45 bits per heavy atom. The summed E-state index contributed by atoms with van der Waals surface area (Å²) in [6.07, 6.45) is 2.33. The summed E-state index contributed by atoms with van der Waals surface area (Å²) in [5, 5.41) is 2.95. The highest BCUT2D eigenvalue weighted by Gasteiger charge is 2.11. The fraction of sp³-hybridized carbons (Fsp3) is 0.533. The van der Waals surface area contributed by atoms with Crippen molar-refractivity contribution in [2.24, 2.45) is 11.7 Å². The van der Waals surface area contributed by atoms with E-state index in [4.69, 9.17) is 10.5 Å². The zero-order valence-electron chi connectivity index (χ0n) is 12.1. The first kappa shape index (κ1) is 17.1. The zero-order valence-corrected chi connectivity index (χ0v) is 13.7. The highest BCUT2D eigenvalue weighted by atomic mass is 79.9. The Balaban J connectivity index is 2.59. The molecule has 0 aliphatic heterocycles. The fourth-order valence-electron chi connectivity index (χ4n) is 1.99. The van der Waals surface area contributed by atoms with Crippen LogP contribution in [-0.4, -0.2) is 19.6 Å². The van der Waals surface area contributed by atoms with Crippen molar-refractivity contribution < 1.29 is 9.53 Å². The number of anilines is 1. The van der Waals surface area contributed by atoms with E-state index in [0.717, 1.165) is 28.6 Å². The van der Waals surface area contributed by atoms with Gasteiger partial charge in [-0.05, 0) is 37.4 Å². The van der Waals surface area contributed by atoms with E-state index in [9.17, 15) is 4.79 Å². The van der Waals surface area contributed by atoms with Crippen molar-refractivity contribution in [1.82, 2.24) is 0 Å². The van der Waals surface area contributed by atoms with Gasteiger partial charge in [-0.15, -0.1) is 0 Å². The molecule has 0 bridgehead atoms. The van der Waals surface area contributed by atoms with Crippen LogP contribution in [0.3, 0.4) is 0 Å². The normalized spacial score (nSPS) is 12.2. The van der Waals surface area contributed by atoms with E-state index in [-0.39, 0.29) is 5.91 Å². The molecule has 4 nitrogen and oxygen atoms in total. The number of halogens is 1. The Morgan fingerprint density at radius 3 is 2.85 bits per heavy atom. The lowest BCUT2D eigenvalue weighted by molar-refractivity contribution is -0.116. The van der Waals surface area contributed by atoms with Crippen LogP contribution in [0.15, 0.2) is 22.7 Å². The zero-order chi connectivity index (χ0) is 15.0. The van der Waals surface area contributed by atoms with Crippen molar-refractivity contribution in [3.63, 3.8) is 0 Å². The lowest BCUT2D eigenvalue weighted by Crippen LogP contribution is -2.15. The molecule has 0 aliphatic rings. The molecule has 112 valence electrons. The SMILES string of the molecule is COCc1c(Br)cccc1NC(=O)CCC(C)CCN. The number of carbonyl (C=O) groups is 1. The van der Waals surface area contributed by atoms with Gasteiger partial charge in [-0.2, -0.15) is 0 Å². The van der Waals surface area contributed by atoms with Crippen LogP contribution in [0.5, 0.6) is 0 Å². The third-order valence-electron chi connectivity index (χ3n) is 3.21. The lowest BCUT2D eigenvalue weighted by Gasteiger charge is -2.13. The number of nitrogens with one attached hydrogen (secondary N) is 1. The molecule has 1 aromatic rings. The molecule has 1 unspecified atom stereocenters. The topological polar surface area (TPSA) is 64.3 Å². The van der Waals surface area contributed by atoms with Crippen LogP contribution in [-0.2, 0) is 16.1 Å². The number of ether oxygens (including phenoxy) is 1. The van der Waals surface area contributed by atoms with Crippen LogP contribution >= 0.6 is 15.9 Å². The molecular formula is C15H23BrN2O2. The molecule has 0 saturated heterocycles. The maximum absolute atomic E-state index is 12.0. The molecule has 0 aromatic heterocycles. The molecular weight excluding hydrogens is 320 g/mol. The summed E-state index contributed by atoms with van der Waals surface area (Å²) in [5.41, 5.74) is 7.27. The van der Waals surface area contributed by atoms with E-state index in [1.165, 1.54) is 0 Å². The van der Waals surface area contributed by atoms with E-state index in [2.05, 4.69) is 28.2 Å². The molecule has 0 heterocycles. The number of carbonyl (C=O) groups excluding carboxylic acids is 1. The van der Waals surface area contributed by atoms with Gasteiger partial charge in [0.2, 0.25) is 5.91 Å². The van der Waals surface area contributed by atoms with Crippen molar-refractivity contribution in [3.8, 4) is 0 Å². The van der Waals surface area contributed by atoms with Gasteiger partial charge in [-0.1, -0.05) is 28.9 Å². The van der Waals surface area contributed by atoms with E-state index >= 15 is 0 Å². The molecule has 3 N–H and O–H groups in total. The molecule has 0 radical (unpaired) electrons. The Hall–Kier alpha value is -0.910. The summed E-state index contributed by atoms with van der Waals surface area (Å²) in [6.45, 7) is 3.25. The minimum atomic E-state index is 0.0318. The van der Waals surface area contributed by atoms with E-state index in [0.29, 0.717) is 25.5 Å². The van der Waals surface area contributed by atoms with Gasteiger partial charge >= 0.3 is 0 Å². The minimum absolute atomic E-state index is 0.0318. The third-order valence-corrected chi connectivity index (χ3v) is 3.95. The monoisotopic (exact) mass is 342 g/mol. The highest BCUT2D eigenvalue weighted by Crippen LogP contribution is 2.26. The van der Waals surface area contributed by atoms with Gasteiger partial charge in [-0.25, -0.2) is 0 Å². The number of rotatable bonds is 8. The number of nitrogens with two attached hydrogens (primary N) is 1.